The second-order valence-corrected chi connectivity index (χ2v) is 12.0. The summed E-state index contributed by atoms with van der Waals surface area (Å²) in [4.78, 5) is 12.6. The average Bonchev–Trinajstić information content (AvgIpc) is 2.97. The topological polar surface area (TPSA) is 95.5 Å². The summed E-state index contributed by atoms with van der Waals surface area (Å²) in [6.07, 6.45) is -4.74. The number of hydrogen-bond acceptors (Lipinski definition) is 7. The van der Waals surface area contributed by atoms with Gasteiger partial charge in [0.05, 0.1) is 26.4 Å². The Labute approximate surface area is 254 Å². The normalized spacial score (nSPS) is 22.7. The summed E-state index contributed by atoms with van der Waals surface area (Å²) >= 11 is 17.2. The zero-order chi connectivity index (χ0) is 29.1. The molecule has 2 N–H and O–H groups in total. The lowest BCUT2D eigenvalue weighted by Gasteiger charge is -2.44. The number of carbonyl (C=O) groups excluding carboxylic acids is 1. The highest BCUT2D eigenvalue weighted by Crippen LogP contribution is 2.29. The largest absolute Gasteiger partial charge is 0.445 e. The zero-order valence-electron chi connectivity index (χ0n) is 22.1. The van der Waals surface area contributed by atoms with E-state index in [1.165, 1.54) is 0 Å². The van der Waals surface area contributed by atoms with Crippen LogP contribution in [-0.4, -0.2) is 58.8 Å². The maximum absolute atomic E-state index is 12.6. The Hall–Kier alpha value is -2.40. The van der Waals surface area contributed by atoms with Gasteiger partial charge in [-0.1, -0.05) is 126 Å². The molecule has 3 aromatic carbocycles. The molecule has 4 rings (SSSR count). The van der Waals surface area contributed by atoms with Crippen molar-refractivity contribution in [2.45, 2.75) is 54.3 Å². The fourth-order valence-electron chi connectivity index (χ4n) is 4.33. The minimum atomic E-state index is -1.80. The van der Waals surface area contributed by atoms with E-state index in [1.807, 2.05) is 91.0 Å². The molecule has 0 unspecified atom stereocenters. The first-order chi connectivity index (χ1) is 19.8. The van der Waals surface area contributed by atoms with Gasteiger partial charge >= 0.3 is 6.09 Å². The molecule has 11 heteroatoms. The standard InChI is InChI=1S/C30H32Cl3NO7/c31-30(32,33)20-40-29(36)34-25-27(39-18-23-14-8-3-9-15-23)26(38-17-22-12-6-2-7-13-22)24(41-28(25)35)19-37-16-21-10-4-1-5-11-21/h1-15,24-28,35H,16-20H2,(H,34,36)/t24-,25-,26+,27-,28+/m1/s1. The lowest BCUT2D eigenvalue weighted by Crippen LogP contribution is -2.65. The van der Waals surface area contributed by atoms with Crippen molar-refractivity contribution in [3.63, 3.8) is 0 Å². The van der Waals surface area contributed by atoms with Gasteiger partial charge in [0, 0.05) is 0 Å². The fourth-order valence-corrected chi connectivity index (χ4v) is 4.50. The number of nitrogens with one attached hydrogen (secondary N) is 1. The Bertz CT molecular complexity index is 1180. The number of halogens is 3. The molecule has 1 aliphatic heterocycles. The first-order valence-electron chi connectivity index (χ1n) is 13.0. The van der Waals surface area contributed by atoms with E-state index >= 15 is 0 Å². The third-order valence-corrected chi connectivity index (χ3v) is 6.61. The van der Waals surface area contributed by atoms with Gasteiger partial charge in [0.25, 0.3) is 0 Å². The molecule has 0 spiro atoms. The van der Waals surface area contributed by atoms with Crippen LogP contribution in [0.25, 0.3) is 0 Å². The number of hydrogen-bond donors (Lipinski definition) is 2. The molecule has 220 valence electrons. The maximum Gasteiger partial charge on any atom is 0.407 e. The Morgan fingerprint density at radius 3 is 1.78 bits per heavy atom. The smallest absolute Gasteiger partial charge is 0.407 e. The number of carbonyl (C=O) groups is 1. The fraction of sp³-hybridized carbons (Fsp3) is 0.367. The number of ether oxygens (including phenoxy) is 5. The number of benzene rings is 3. The summed E-state index contributed by atoms with van der Waals surface area (Å²) in [6, 6.07) is 27.7. The van der Waals surface area contributed by atoms with Crippen molar-refractivity contribution in [1.29, 1.82) is 0 Å². The van der Waals surface area contributed by atoms with Crippen LogP contribution in [0.2, 0.25) is 0 Å². The number of rotatable bonds is 12. The molecular formula is C30H32Cl3NO7. The van der Waals surface area contributed by atoms with E-state index in [0.29, 0.717) is 6.61 Å². The number of amides is 1. The van der Waals surface area contributed by atoms with Crippen LogP contribution in [0.5, 0.6) is 0 Å². The van der Waals surface area contributed by atoms with Crippen LogP contribution in [0, 0.1) is 0 Å². The van der Waals surface area contributed by atoms with E-state index in [2.05, 4.69) is 5.32 Å². The van der Waals surface area contributed by atoms with Crippen molar-refractivity contribution in [1.82, 2.24) is 5.32 Å². The van der Waals surface area contributed by atoms with E-state index in [9.17, 15) is 9.90 Å². The van der Waals surface area contributed by atoms with Crippen molar-refractivity contribution < 1.29 is 33.6 Å². The van der Waals surface area contributed by atoms with Gasteiger partial charge in [-0.25, -0.2) is 4.79 Å². The lowest BCUT2D eigenvalue weighted by atomic mass is 9.96. The van der Waals surface area contributed by atoms with E-state index < -0.39 is 47.1 Å². The van der Waals surface area contributed by atoms with Crippen LogP contribution >= 0.6 is 34.8 Å². The molecule has 1 fully saturated rings. The zero-order valence-corrected chi connectivity index (χ0v) is 24.4. The van der Waals surface area contributed by atoms with Gasteiger partial charge in [0.2, 0.25) is 3.79 Å². The SMILES string of the molecule is O=C(N[C@@H]1[C@@H](OCc2ccccc2)[C@@H](OCc2ccccc2)[C@@H](COCc2ccccc2)O[C@@H]1O)OCC(Cl)(Cl)Cl. The van der Waals surface area contributed by atoms with Crippen molar-refractivity contribution in [3.05, 3.63) is 108 Å². The second kappa shape index (κ2) is 15.7. The molecule has 1 saturated heterocycles. The molecule has 0 aliphatic carbocycles. The van der Waals surface area contributed by atoms with Crippen molar-refractivity contribution in [2.75, 3.05) is 13.2 Å². The minimum absolute atomic E-state index is 0.0983. The molecule has 0 saturated carbocycles. The van der Waals surface area contributed by atoms with Crippen LogP contribution in [0.15, 0.2) is 91.0 Å². The van der Waals surface area contributed by atoms with Gasteiger partial charge in [0.1, 0.15) is 31.0 Å². The highest BCUT2D eigenvalue weighted by atomic mass is 35.6. The average molecular weight is 625 g/mol. The molecule has 1 amide bonds. The van der Waals surface area contributed by atoms with Gasteiger partial charge in [-0.05, 0) is 16.7 Å². The predicted molar refractivity (Wildman–Crippen MR) is 156 cm³/mol. The summed E-state index contributed by atoms with van der Waals surface area (Å²) in [7, 11) is 0. The van der Waals surface area contributed by atoms with Gasteiger partial charge in [-0.3, -0.25) is 0 Å². The number of aliphatic hydroxyl groups is 1. The molecular weight excluding hydrogens is 593 g/mol. The van der Waals surface area contributed by atoms with E-state index in [0.717, 1.165) is 16.7 Å². The van der Waals surface area contributed by atoms with Crippen LogP contribution in [0.1, 0.15) is 16.7 Å². The monoisotopic (exact) mass is 623 g/mol. The van der Waals surface area contributed by atoms with Gasteiger partial charge < -0.3 is 34.1 Å². The summed E-state index contributed by atoms with van der Waals surface area (Å²) in [6.45, 7) is 0.356. The molecule has 41 heavy (non-hydrogen) atoms. The summed E-state index contributed by atoms with van der Waals surface area (Å²) < 4.78 is 27.8. The van der Waals surface area contributed by atoms with Crippen LogP contribution in [0.3, 0.4) is 0 Å². The van der Waals surface area contributed by atoms with Gasteiger partial charge in [0.15, 0.2) is 6.29 Å². The quantitative estimate of drug-likeness (QED) is 0.255. The molecule has 8 nitrogen and oxygen atoms in total. The summed E-state index contributed by atoms with van der Waals surface area (Å²) in [5, 5.41) is 13.6. The van der Waals surface area contributed by atoms with E-state index in [-0.39, 0.29) is 19.8 Å². The third-order valence-electron chi connectivity index (χ3n) is 6.28. The molecule has 0 radical (unpaired) electrons. The van der Waals surface area contributed by atoms with Crippen LogP contribution < -0.4 is 5.32 Å². The molecule has 1 heterocycles. The summed E-state index contributed by atoms with van der Waals surface area (Å²) in [5.74, 6) is 0. The molecule has 0 bridgehead atoms. The molecule has 5 atom stereocenters. The van der Waals surface area contributed by atoms with Crippen LogP contribution in [0.4, 0.5) is 4.79 Å². The second-order valence-electron chi connectivity index (χ2n) is 9.45. The predicted octanol–water partition coefficient (Wildman–Crippen LogP) is 5.56. The lowest BCUT2D eigenvalue weighted by molar-refractivity contribution is -0.277. The number of aliphatic hydroxyl groups excluding tert-OH is 1. The Kier molecular flexibility index (Phi) is 12.1. The highest BCUT2D eigenvalue weighted by Gasteiger charge is 2.48. The Balaban J connectivity index is 1.54. The Morgan fingerprint density at radius 2 is 1.27 bits per heavy atom. The van der Waals surface area contributed by atoms with Gasteiger partial charge in [-0.2, -0.15) is 0 Å². The number of alkyl carbamates (subject to hydrolysis) is 1. The van der Waals surface area contributed by atoms with E-state index in [1.54, 1.807) is 0 Å². The minimum Gasteiger partial charge on any atom is -0.445 e. The first-order valence-corrected chi connectivity index (χ1v) is 14.2. The maximum atomic E-state index is 12.6. The van der Waals surface area contributed by atoms with E-state index in [4.69, 9.17) is 58.5 Å². The van der Waals surface area contributed by atoms with Gasteiger partial charge in [-0.15, -0.1) is 0 Å². The summed E-state index contributed by atoms with van der Waals surface area (Å²) in [5.41, 5.74) is 2.81. The van der Waals surface area contributed by atoms with Crippen molar-refractivity contribution >= 4 is 40.9 Å². The molecule has 3 aromatic rings. The van der Waals surface area contributed by atoms with Crippen LogP contribution in [-0.2, 0) is 43.5 Å². The van der Waals surface area contributed by atoms with Crippen molar-refractivity contribution in [2.24, 2.45) is 0 Å². The third kappa shape index (κ3) is 10.4. The number of alkyl halides is 3. The molecule has 0 aromatic heterocycles. The highest BCUT2D eigenvalue weighted by molar-refractivity contribution is 6.67. The Morgan fingerprint density at radius 1 is 0.780 bits per heavy atom. The molecule has 1 aliphatic rings. The van der Waals surface area contributed by atoms with Crippen molar-refractivity contribution in [3.8, 4) is 0 Å². The first kappa shape index (κ1) is 31.5.